The molecule has 0 radical (unpaired) electrons. The normalized spacial score (nSPS) is 30.5. The molecule has 0 bridgehead atoms. The van der Waals surface area contributed by atoms with E-state index in [0.717, 1.165) is 31.7 Å². The maximum absolute atomic E-state index is 15.3. The summed E-state index contributed by atoms with van der Waals surface area (Å²) in [6.45, 7) is 2.90. The average Bonchev–Trinajstić information content (AvgIpc) is 3.29. The van der Waals surface area contributed by atoms with Crippen molar-refractivity contribution in [1.82, 2.24) is 4.57 Å². The SMILES string of the molecule is Cc1c(N2CC3CCCCC3(N)C2)c(F)cc2c(=O)c(C(=O)O)cn([C@@H]3C[C@@H]3F)c12. The van der Waals surface area contributed by atoms with Gasteiger partial charge in [-0.05, 0) is 37.3 Å². The third-order valence-electron chi connectivity index (χ3n) is 7.25. The summed E-state index contributed by atoms with van der Waals surface area (Å²) in [6, 6.07) is 0.578. The molecule has 8 heteroatoms. The molecule has 2 aliphatic carbocycles. The van der Waals surface area contributed by atoms with E-state index in [2.05, 4.69) is 0 Å². The first-order valence-corrected chi connectivity index (χ1v) is 10.5. The Morgan fingerprint density at radius 2 is 2.10 bits per heavy atom. The van der Waals surface area contributed by atoms with Gasteiger partial charge in [0, 0.05) is 36.6 Å². The van der Waals surface area contributed by atoms with Crippen LogP contribution in [0.25, 0.3) is 10.9 Å². The van der Waals surface area contributed by atoms with Gasteiger partial charge in [-0.25, -0.2) is 13.6 Å². The molecular weight excluding hydrogens is 392 g/mol. The van der Waals surface area contributed by atoms with Crippen LogP contribution in [-0.2, 0) is 0 Å². The molecule has 1 saturated heterocycles. The number of aromatic nitrogens is 1. The number of benzene rings is 1. The lowest BCUT2D eigenvalue weighted by molar-refractivity contribution is 0.0694. The maximum Gasteiger partial charge on any atom is 0.341 e. The van der Waals surface area contributed by atoms with Gasteiger partial charge in [0.1, 0.15) is 17.6 Å². The minimum atomic E-state index is -1.40. The molecule has 1 aromatic carbocycles. The number of alkyl halides is 1. The fourth-order valence-corrected chi connectivity index (χ4v) is 5.59. The smallest absolute Gasteiger partial charge is 0.341 e. The van der Waals surface area contributed by atoms with Crippen LogP contribution in [0.2, 0.25) is 0 Å². The minimum Gasteiger partial charge on any atom is -0.477 e. The Morgan fingerprint density at radius 1 is 1.37 bits per heavy atom. The number of pyridine rings is 1. The molecule has 3 fully saturated rings. The van der Waals surface area contributed by atoms with Gasteiger partial charge in [0.05, 0.1) is 17.2 Å². The molecule has 160 valence electrons. The van der Waals surface area contributed by atoms with Gasteiger partial charge in [0.2, 0.25) is 5.43 Å². The zero-order valence-electron chi connectivity index (χ0n) is 16.8. The van der Waals surface area contributed by atoms with Crippen molar-refractivity contribution in [3.8, 4) is 0 Å². The van der Waals surface area contributed by atoms with E-state index >= 15 is 4.39 Å². The summed E-state index contributed by atoms with van der Waals surface area (Å²) in [7, 11) is 0. The van der Waals surface area contributed by atoms with E-state index in [-0.39, 0.29) is 23.3 Å². The van der Waals surface area contributed by atoms with Gasteiger partial charge in [0.25, 0.3) is 0 Å². The second kappa shape index (κ2) is 6.51. The molecule has 1 aromatic heterocycles. The lowest BCUT2D eigenvalue weighted by Crippen LogP contribution is -2.49. The molecule has 5 rings (SSSR count). The van der Waals surface area contributed by atoms with Gasteiger partial charge < -0.3 is 20.3 Å². The number of hydrogen-bond acceptors (Lipinski definition) is 4. The van der Waals surface area contributed by atoms with Crippen LogP contribution in [0.1, 0.15) is 54.1 Å². The first-order valence-electron chi connectivity index (χ1n) is 10.5. The van der Waals surface area contributed by atoms with Crippen molar-refractivity contribution in [2.75, 3.05) is 18.0 Å². The largest absolute Gasteiger partial charge is 0.477 e. The number of hydrogen-bond donors (Lipinski definition) is 2. The second-order valence-electron chi connectivity index (χ2n) is 9.19. The van der Waals surface area contributed by atoms with E-state index in [0.29, 0.717) is 29.9 Å². The molecule has 1 aliphatic heterocycles. The van der Waals surface area contributed by atoms with Gasteiger partial charge in [-0.2, -0.15) is 0 Å². The molecule has 0 amide bonds. The predicted molar refractivity (Wildman–Crippen MR) is 110 cm³/mol. The van der Waals surface area contributed by atoms with Crippen molar-refractivity contribution >= 4 is 22.6 Å². The molecule has 2 aromatic rings. The van der Waals surface area contributed by atoms with Gasteiger partial charge in [-0.3, -0.25) is 4.79 Å². The first kappa shape index (κ1) is 19.5. The summed E-state index contributed by atoms with van der Waals surface area (Å²) in [5, 5.41) is 9.39. The second-order valence-corrected chi connectivity index (χ2v) is 9.19. The zero-order valence-corrected chi connectivity index (χ0v) is 16.8. The monoisotopic (exact) mass is 417 g/mol. The van der Waals surface area contributed by atoms with Crippen LogP contribution >= 0.6 is 0 Å². The van der Waals surface area contributed by atoms with E-state index in [1.165, 1.54) is 10.8 Å². The number of carboxylic acids is 1. The lowest BCUT2D eigenvalue weighted by Gasteiger charge is -2.34. The highest BCUT2D eigenvalue weighted by molar-refractivity contribution is 5.95. The molecule has 6 nitrogen and oxygen atoms in total. The quantitative estimate of drug-likeness (QED) is 0.801. The van der Waals surface area contributed by atoms with Crippen molar-refractivity contribution in [1.29, 1.82) is 0 Å². The fourth-order valence-electron chi connectivity index (χ4n) is 5.59. The van der Waals surface area contributed by atoms with E-state index < -0.39 is 35.0 Å². The Bertz CT molecular complexity index is 1130. The molecule has 3 N–H and O–H groups in total. The van der Waals surface area contributed by atoms with Crippen LogP contribution in [0, 0.1) is 18.7 Å². The summed E-state index contributed by atoms with van der Waals surface area (Å²) in [6.07, 6.45) is 4.46. The minimum absolute atomic E-state index is 0.0215. The van der Waals surface area contributed by atoms with Crippen molar-refractivity contribution in [3.63, 3.8) is 0 Å². The number of halogens is 2. The van der Waals surface area contributed by atoms with Gasteiger partial charge in [-0.1, -0.05) is 12.8 Å². The number of nitrogens with two attached hydrogens (primary N) is 1. The number of fused-ring (bicyclic) bond motifs is 2. The van der Waals surface area contributed by atoms with E-state index in [4.69, 9.17) is 5.73 Å². The molecule has 3 aliphatic rings. The third kappa shape index (κ3) is 2.76. The topological polar surface area (TPSA) is 88.6 Å². The maximum atomic E-state index is 15.3. The first-order chi connectivity index (χ1) is 14.2. The lowest BCUT2D eigenvalue weighted by atomic mass is 9.76. The Balaban J connectivity index is 1.71. The average molecular weight is 417 g/mol. The highest BCUT2D eigenvalue weighted by Crippen LogP contribution is 2.45. The van der Waals surface area contributed by atoms with Crippen molar-refractivity contribution in [2.45, 2.75) is 56.8 Å². The fraction of sp³-hybridized carbons (Fsp3) is 0.545. The number of carboxylic acid groups (broad SMARTS) is 1. The summed E-state index contributed by atoms with van der Waals surface area (Å²) in [5.41, 5.74) is 6.41. The number of rotatable bonds is 3. The van der Waals surface area contributed by atoms with Crippen molar-refractivity contribution < 1.29 is 18.7 Å². The third-order valence-corrected chi connectivity index (χ3v) is 7.25. The molecule has 2 heterocycles. The van der Waals surface area contributed by atoms with Crippen LogP contribution in [0.5, 0.6) is 0 Å². The number of aryl methyl sites for hydroxylation is 1. The summed E-state index contributed by atoms with van der Waals surface area (Å²) >= 11 is 0. The number of aromatic carboxylic acids is 1. The Kier molecular flexibility index (Phi) is 4.23. The molecule has 2 unspecified atom stereocenters. The Morgan fingerprint density at radius 3 is 2.73 bits per heavy atom. The van der Waals surface area contributed by atoms with Gasteiger partial charge in [-0.15, -0.1) is 0 Å². The number of carbonyl (C=O) groups is 1. The number of anilines is 1. The number of nitrogens with zero attached hydrogens (tertiary/aromatic N) is 2. The van der Waals surface area contributed by atoms with Crippen LogP contribution in [0.4, 0.5) is 14.5 Å². The Hall–Kier alpha value is -2.48. The van der Waals surface area contributed by atoms with E-state index in [1.54, 1.807) is 6.92 Å². The van der Waals surface area contributed by atoms with Gasteiger partial charge in [0.15, 0.2) is 0 Å². The highest BCUT2D eigenvalue weighted by Gasteiger charge is 2.46. The molecule has 0 spiro atoms. The highest BCUT2D eigenvalue weighted by atomic mass is 19.1. The van der Waals surface area contributed by atoms with Crippen LogP contribution in [0.15, 0.2) is 17.1 Å². The molecule has 2 saturated carbocycles. The standard InChI is InChI=1S/C22H25F2N3O3/c1-11-18-13(20(28)14(21(29)30)9-27(18)17-7-15(17)23)6-16(24)19(11)26-8-12-4-2-3-5-22(12,25)10-26/h6,9,12,15,17H,2-5,7-8,10,25H2,1H3,(H,29,30)/t12?,15-,17+,22?/m0/s1. The zero-order chi connectivity index (χ0) is 21.4. The van der Waals surface area contributed by atoms with Crippen LogP contribution in [0.3, 0.4) is 0 Å². The summed E-state index contributed by atoms with van der Waals surface area (Å²) in [4.78, 5) is 26.3. The van der Waals surface area contributed by atoms with Crippen molar-refractivity contribution in [2.24, 2.45) is 11.7 Å². The Labute approximate surface area is 172 Å². The van der Waals surface area contributed by atoms with Crippen LogP contribution in [-0.4, -0.2) is 40.4 Å². The summed E-state index contributed by atoms with van der Waals surface area (Å²) < 4.78 is 30.8. The molecule has 30 heavy (non-hydrogen) atoms. The van der Waals surface area contributed by atoms with E-state index in [1.807, 2.05) is 4.90 Å². The van der Waals surface area contributed by atoms with E-state index in [9.17, 15) is 19.1 Å². The predicted octanol–water partition coefficient (Wildman–Crippen LogP) is 3.14. The molecule has 4 atom stereocenters. The van der Waals surface area contributed by atoms with Crippen LogP contribution < -0.4 is 16.1 Å². The summed E-state index contributed by atoms with van der Waals surface area (Å²) in [5.74, 6) is -1.68. The van der Waals surface area contributed by atoms with Crippen molar-refractivity contribution in [3.05, 3.63) is 39.4 Å². The molecular formula is C22H25F2N3O3. The van der Waals surface area contributed by atoms with Gasteiger partial charge >= 0.3 is 5.97 Å².